The first-order chi connectivity index (χ1) is 11.0. The molecule has 1 saturated heterocycles. The SMILES string of the molecule is Cc1ccc(N2C(=N)S/C(=C\c3ccc(Cl)cc3)C2=O)cc1C. The lowest BCUT2D eigenvalue weighted by molar-refractivity contribution is -0.113. The number of halogens is 1. The molecule has 0 aromatic heterocycles. The van der Waals surface area contributed by atoms with Gasteiger partial charge in [0.1, 0.15) is 0 Å². The number of rotatable bonds is 2. The average molecular weight is 343 g/mol. The van der Waals surface area contributed by atoms with Crippen molar-refractivity contribution in [2.45, 2.75) is 13.8 Å². The number of aryl methyl sites for hydroxylation is 2. The van der Waals surface area contributed by atoms with Crippen LogP contribution in [0.2, 0.25) is 5.02 Å². The number of nitrogens with one attached hydrogen (secondary N) is 1. The highest BCUT2D eigenvalue weighted by atomic mass is 35.5. The van der Waals surface area contributed by atoms with Crippen LogP contribution in [0.15, 0.2) is 47.4 Å². The second kappa shape index (κ2) is 6.22. The van der Waals surface area contributed by atoms with E-state index in [1.54, 1.807) is 18.2 Å². The van der Waals surface area contributed by atoms with E-state index < -0.39 is 0 Å². The zero-order valence-electron chi connectivity index (χ0n) is 12.8. The molecule has 3 rings (SSSR count). The molecular weight excluding hydrogens is 328 g/mol. The van der Waals surface area contributed by atoms with Crippen LogP contribution < -0.4 is 4.90 Å². The molecule has 0 unspecified atom stereocenters. The summed E-state index contributed by atoms with van der Waals surface area (Å²) < 4.78 is 0. The van der Waals surface area contributed by atoms with Crippen LogP contribution in [-0.4, -0.2) is 11.1 Å². The number of hydrogen-bond donors (Lipinski definition) is 1. The maximum absolute atomic E-state index is 12.7. The van der Waals surface area contributed by atoms with Crippen LogP contribution in [0.3, 0.4) is 0 Å². The lowest BCUT2D eigenvalue weighted by atomic mass is 10.1. The maximum atomic E-state index is 12.7. The Balaban J connectivity index is 1.93. The Morgan fingerprint density at radius 3 is 2.43 bits per heavy atom. The van der Waals surface area contributed by atoms with Crippen molar-refractivity contribution in [3.8, 4) is 0 Å². The molecule has 0 saturated carbocycles. The van der Waals surface area contributed by atoms with E-state index >= 15 is 0 Å². The molecule has 1 aliphatic rings. The molecule has 0 atom stereocenters. The number of nitrogens with zero attached hydrogens (tertiary/aromatic N) is 1. The van der Waals surface area contributed by atoms with Gasteiger partial charge in [0.25, 0.3) is 5.91 Å². The summed E-state index contributed by atoms with van der Waals surface area (Å²) in [4.78, 5) is 14.6. The molecule has 0 spiro atoms. The van der Waals surface area contributed by atoms with Crippen LogP contribution in [0.25, 0.3) is 6.08 Å². The molecule has 1 heterocycles. The number of hydrogen-bond acceptors (Lipinski definition) is 3. The fourth-order valence-electron chi connectivity index (χ4n) is 2.30. The van der Waals surface area contributed by atoms with Gasteiger partial charge in [-0.2, -0.15) is 0 Å². The zero-order valence-corrected chi connectivity index (χ0v) is 14.3. The Bertz CT molecular complexity index is 827. The summed E-state index contributed by atoms with van der Waals surface area (Å²) in [6.07, 6.45) is 1.79. The van der Waals surface area contributed by atoms with Crippen molar-refractivity contribution >= 4 is 46.2 Å². The van der Waals surface area contributed by atoms with Crippen molar-refractivity contribution in [2.24, 2.45) is 0 Å². The van der Waals surface area contributed by atoms with Gasteiger partial charge in [-0.05, 0) is 72.6 Å². The highest BCUT2D eigenvalue weighted by Gasteiger charge is 2.33. The third-order valence-electron chi connectivity index (χ3n) is 3.74. The van der Waals surface area contributed by atoms with Gasteiger partial charge in [-0.1, -0.05) is 29.8 Å². The van der Waals surface area contributed by atoms with E-state index in [4.69, 9.17) is 17.0 Å². The summed E-state index contributed by atoms with van der Waals surface area (Å²) in [5.74, 6) is -0.168. The second-order valence-corrected chi connectivity index (χ2v) is 6.84. The average Bonchev–Trinajstić information content (AvgIpc) is 2.79. The van der Waals surface area contributed by atoms with Crippen LogP contribution >= 0.6 is 23.4 Å². The first kappa shape index (κ1) is 15.8. The normalized spacial score (nSPS) is 16.5. The number of carbonyl (C=O) groups excluding carboxylic acids is 1. The number of amidine groups is 1. The van der Waals surface area contributed by atoms with E-state index in [-0.39, 0.29) is 11.1 Å². The monoisotopic (exact) mass is 342 g/mol. The van der Waals surface area contributed by atoms with Gasteiger partial charge in [0.2, 0.25) is 0 Å². The Morgan fingerprint density at radius 2 is 1.78 bits per heavy atom. The van der Waals surface area contributed by atoms with E-state index in [0.29, 0.717) is 9.93 Å². The minimum Gasteiger partial charge on any atom is -0.278 e. The Kier molecular flexibility index (Phi) is 4.28. The first-order valence-electron chi connectivity index (χ1n) is 7.11. The quantitative estimate of drug-likeness (QED) is 0.779. The van der Waals surface area contributed by atoms with Gasteiger partial charge < -0.3 is 0 Å². The number of carbonyl (C=O) groups is 1. The topological polar surface area (TPSA) is 44.2 Å². The number of thioether (sulfide) groups is 1. The second-order valence-electron chi connectivity index (χ2n) is 5.38. The maximum Gasteiger partial charge on any atom is 0.271 e. The lowest BCUT2D eigenvalue weighted by Gasteiger charge is -2.15. The van der Waals surface area contributed by atoms with Gasteiger partial charge in [-0.3, -0.25) is 15.1 Å². The molecule has 0 radical (unpaired) electrons. The number of anilines is 1. The van der Waals surface area contributed by atoms with E-state index in [1.165, 1.54) is 16.7 Å². The van der Waals surface area contributed by atoms with Gasteiger partial charge in [-0.15, -0.1) is 0 Å². The minimum atomic E-state index is -0.168. The molecule has 0 bridgehead atoms. The first-order valence-corrected chi connectivity index (χ1v) is 8.30. The molecule has 116 valence electrons. The Morgan fingerprint density at radius 1 is 1.09 bits per heavy atom. The van der Waals surface area contributed by atoms with Gasteiger partial charge in [0.05, 0.1) is 10.6 Å². The molecule has 2 aromatic rings. The number of benzene rings is 2. The highest BCUT2D eigenvalue weighted by molar-refractivity contribution is 8.19. The van der Waals surface area contributed by atoms with E-state index in [2.05, 4.69) is 0 Å². The van der Waals surface area contributed by atoms with Gasteiger partial charge in [-0.25, -0.2) is 0 Å². The molecule has 0 aliphatic carbocycles. The fourth-order valence-corrected chi connectivity index (χ4v) is 3.28. The summed E-state index contributed by atoms with van der Waals surface area (Å²) in [5, 5.41) is 9.01. The molecular formula is C18H15ClN2OS. The zero-order chi connectivity index (χ0) is 16.6. The molecule has 1 fully saturated rings. The Labute approximate surface area is 144 Å². The van der Waals surface area contributed by atoms with Crippen molar-refractivity contribution in [1.82, 2.24) is 0 Å². The van der Waals surface area contributed by atoms with Crippen molar-refractivity contribution in [2.75, 3.05) is 4.90 Å². The van der Waals surface area contributed by atoms with Crippen molar-refractivity contribution < 1.29 is 4.79 Å². The predicted molar refractivity (Wildman–Crippen MR) is 98.1 cm³/mol. The molecule has 3 nitrogen and oxygen atoms in total. The molecule has 1 amide bonds. The fraction of sp³-hybridized carbons (Fsp3) is 0.111. The van der Waals surface area contributed by atoms with E-state index in [1.807, 2.05) is 44.2 Å². The van der Waals surface area contributed by atoms with Gasteiger partial charge in [0.15, 0.2) is 5.17 Å². The third-order valence-corrected chi connectivity index (χ3v) is 4.88. The third kappa shape index (κ3) is 3.19. The van der Waals surface area contributed by atoms with Crippen LogP contribution in [0.1, 0.15) is 16.7 Å². The predicted octanol–water partition coefficient (Wildman–Crippen LogP) is 5.01. The van der Waals surface area contributed by atoms with Crippen LogP contribution in [0.5, 0.6) is 0 Å². The van der Waals surface area contributed by atoms with Crippen molar-refractivity contribution in [3.05, 3.63) is 69.1 Å². The summed E-state index contributed by atoms with van der Waals surface area (Å²) in [5.41, 5.74) is 3.88. The summed E-state index contributed by atoms with van der Waals surface area (Å²) in [6.45, 7) is 4.03. The van der Waals surface area contributed by atoms with Gasteiger partial charge in [0, 0.05) is 5.02 Å². The molecule has 1 aliphatic heterocycles. The Hall–Kier alpha value is -2.04. The molecule has 23 heavy (non-hydrogen) atoms. The van der Waals surface area contributed by atoms with E-state index in [9.17, 15) is 4.79 Å². The van der Waals surface area contributed by atoms with E-state index in [0.717, 1.165) is 22.4 Å². The summed E-state index contributed by atoms with van der Waals surface area (Å²) in [6, 6.07) is 13.1. The van der Waals surface area contributed by atoms with Crippen LogP contribution in [0.4, 0.5) is 5.69 Å². The molecule has 2 aromatic carbocycles. The van der Waals surface area contributed by atoms with Crippen molar-refractivity contribution in [1.29, 1.82) is 5.41 Å². The molecule has 5 heteroatoms. The minimum absolute atomic E-state index is 0.168. The smallest absolute Gasteiger partial charge is 0.271 e. The highest BCUT2D eigenvalue weighted by Crippen LogP contribution is 2.35. The van der Waals surface area contributed by atoms with Crippen LogP contribution in [0, 0.1) is 19.3 Å². The molecule has 1 N–H and O–H groups in total. The van der Waals surface area contributed by atoms with Crippen molar-refractivity contribution in [3.63, 3.8) is 0 Å². The largest absolute Gasteiger partial charge is 0.278 e. The number of amides is 1. The van der Waals surface area contributed by atoms with Crippen LogP contribution in [-0.2, 0) is 4.79 Å². The summed E-state index contributed by atoms with van der Waals surface area (Å²) in [7, 11) is 0. The van der Waals surface area contributed by atoms with Gasteiger partial charge >= 0.3 is 0 Å². The standard InChI is InChI=1S/C18H15ClN2OS/c1-11-3-8-15(9-12(11)2)21-17(22)16(23-18(21)20)10-13-4-6-14(19)7-5-13/h3-10,20H,1-2H3/b16-10-,20-18?. The lowest BCUT2D eigenvalue weighted by Crippen LogP contribution is -2.28. The summed E-state index contributed by atoms with van der Waals surface area (Å²) >= 11 is 7.05.